The number of alkyl carbamates (subject to hydrolysis) is 1. The number of hydrogen-bond acceptors (Lipinski definition) is 5. The summed E-state index contributed by atoms with van der Waals surface area (Å²) in [7, 11) is 0. The third-order valence-electron chi connectivity index (χ3n) is 6.25. The largest absolute Gasteiger partial charge is 0.478 e. The molecule has 0 atom stereocenters. The van der Waals surface area contributed by atoms with Crippen molar-refractivity contribution < 1.29 is 24.2 Å². The predicted molar refractivity (Wildman–Crippen MR) is 125 cm³/mol. The highest BCUT2D eigenvalue weighted by Gasteiger charge is 2.29. The Kier molecular flexibility index (Phi) is 5.94. The van der Waals surface area contributed by atoms with E-state index in [0.717, 1.165) is 22.3 Å². The summed E-state index contributed by atoms with van der Waals surface area (Å²) in [6, 6.07) is 16.2. The van der Waals surface area contributed by atoms with Crippen LogP contribution in [-0.4, -0.2) is 57.5 Å². The fraction of sp³-hybridized carbons (Fsp3) is 0.231. The molecule has 2 heterocycles. The molecule has 9 nitrogen and oxygen atoms in total. The zero-order chi connectivity index (χ0) is 24.4. The van der Waals surface area contributed by atoms with E-state index in [1.807, 2.05) is 36.4 Å². The number of carboxylic acid groups (broad SMARTS) is 1. The van der Waals surface area contributed by atoms with Gasteiger partial charge in [0.05, 0.1) is 31.5 Å². The SMILES string of the molecule is O=C(NCC#CC(=O)N1CCn2ncc(C(=O)O)c2C1)OCC1c2ccccc2-c2ccccc21. The van der Waals surface area contributed by atoms with Crippen molar-refractivity contribution >= 4 is 18.0 Å². The monoisotopic (exact) mass is 470 g/mol. The molecule has 2 aliphatic rings. The van der Waals surface area contributed by atoms with E-state index in [-0.39, 0.29) is 31.2 Å². The highest BCUT2D eigenvalue weighted by atomic mass is 16.5. The van der Waals surface area contributed by atoms with Gasteiger partial charge in [0.1, 0.15) is 12.2 Å². The van der Waals surface area contributed by atoms with Crippen molar-refractivity contribution in [1.82, 2.24) is 20.0 Å². The summed E-state index contributed by atoms with van der Waals surface area (Å²) >= 11 is 0. The van der Waals surface area contributed by atoms with Crippen molar-refractivity contribution in [3.8, 4) is 23.0 Å². The summed E-state index contributed by atoms with van der Waals surface area (Å²) in [4.78, 5) is 37.4. The standard InChI is InChI=1S/C26H22N4O5/c31-24(29-12-13-30-23(15-29)21(14-28-30)25(32)33)10-5-11-27-26(34)35-16-22-19-8-3-1-6-17(19)18-7-2-4-9-20(18)22/h1-4,6-9,14,22H,11-13,15-16H2,(H,27,34)(H,32,33). The smallest absolute Gasteiger partial charge is 0.407 e. The maximum Gasteiger partial charge on any atom is 0.407 e. The van der Waals surface area contributed by atoms with E-state index in [1.54, 1.807) is 4.68 Å². The molecule has 2 amide bonds. The Balaban J connectivity index is 1.13. The van der Waals surface area contributed by atoms with Crippen LogP contribution in [-0.2, 0) is 22.6 Å². The molecule has 0 unspecified atom stereocenters. The molecule has 5 rings (SSSR count). The molecule has 1 aromatic heterocycles. The molecule has 2 aromatic carbocycles. The molecule has 35 heavy (non-hydrogen) atoms. The first-order valence-corrected chi connectivity index (χ1v) is 11.2. The second-order valence-electron chi connectivity index (χ2n) is 8.24. The molecule has 2 N–H and O–H groups in total. The molecule has 0 fully saturated rings. The Morgan fingerprint density at radius 2 is 1.74 bits per heavy atom. The number of ether oxygens (including phenoxy) is 1. The Bertz CT molecular complexity index is 1340. The molecular formula is C26H22N4O5. The Labute approximate surface area is 201 Å². The second kappa shape index (κ2) is 9.35. The summed E-state index contributed by atoms with van der Waals surface area (Å²) in [5.74, 6) is 3.56. The molecule has 3 aromatic rings. The van der Waals surface area contributed by atoms with Gasteiger partial charge in [0.2, 0.25) is 0 Å². The van der Waals surface area contributed by atoms with Crippen LogP contribution < -0.4 is 5.32 Å². The number of amides is 2. The van der Waals surface area contributed by atoms with Crippen molar-refractivity contribution in [3.63, 3.8) is 0 Å². The maximum absolute atomic E-state index is 12.4. The van der Waals surface area contributed by atoms with E-state index in [2.05, 4.69) is 34.4 Å². The number of hydrogen-bond donors (Lipinski definition) is 2. The lowest BCUT2D eigenvalue weighted by Gasteiger charge is -2.26. The molecule has 0 spiro atoms. The number of nitrogens with zero attached hydrogens (tertiary/aromatic N) is 3. The van der Waals surface area contributed by atoms with E-state index in [0.29, 0.717) is 18.8 Å². The number of aromatic nitrogens is 2. The van der Waals surface area contributed by atoms with Crippen LogP contribution in [0.5, 0.6) is 0 Å². The number of fused-ring (bicyclic) bond motifs is 4. The fourth-order valence-corrected chi connectivity index (χ4v) is 4.56. The number of nitrogens with one attached hydrogen (secondary N) is 1. The fourth-order valence-electron chi connectivity index (χ4n) is 4.56. The lowest BCUT2D eigenvalue weighted by molar-refractivity contribution is -0.126. The highest BCUT2D eigenvalue weighted by molar-refractivity contribution is 5.94. The average molecular weight is 470 g/mol. The van der Waals surface area contributed by atoms with E-state index in [1.165, 1.54) is 11.1 Å². The number of benzene rings is 2. The lowest BCUT2D eigenvalue weighted by Crippen LogP contribution is -2.38. The Morgan fingerprint density at radius 3 is 2.43 bits per heavy atom. The van der Waals surface area contributed by atoms with Crippen LogP contribution in [0.4, 0.5) is 4.79 Å². The Hall–Kier alpha value is -4.58. The Morgan fingerprint density at radius 1 is 1.06 bits per heavy atom. The van der Waals surface area contributed by atoms with Gasteiger partial charge in [-0.05, 0) is 28.2 Å². The molecule has 9 heteroatoms. The van der Waals surface area contributed by atoms with Crippen molar-refractivity contribution in [1.29, 1.82) is 0 Å². The number of carbonyl (C=O) groups is 3. The van der Waals surface area contributed by atoms with Crippen molar-refractivity contribution in [2.75, 3.05) is 19.7 Å². The zero-order valence-corrected chi connectivity index (χ0v) is 18.7. The normalized spacial score (nSPS) is 13.7. The minimum absolute atomic E-state index is 0.0379. The highest BCUT2D eigenvalue weighted by Crippen LogP contribution is 2.44. The van der Waals surface area contributed by atoms with Crippen LogP contribution in [0.25, 0.3) is 11.1 Å². The van der Waals surface area contributed by atoms with Gasteiger partial charge < -0.3 is 20.1 Å². The summed E-state index contributed by atoms with van der Waals surface area (Å²) in [5, 5.41) is 15.8. The summed E-state index contributed by atoms with van der Waals surface area (Å²) in [6.45, 7) is 1.04. The quantitative estimate of drug-likeness (QED) is 0.567. The molecule has 0 saturated heterocycles. The molecule has 0 saturated carbocycles. The van der Waals surface area contributed by atoms with Gasteiger partial charge in [-0.15, -0.1) is 0 Å². The molecular weight excluding hydrogens is 448 g/mol. The van der Waals surface area contributed by atoms with Gasteiger partial charge in [0.25, 0.3) is 5.91 Å². The van der Waals surface area contributed by atoms with Crippen molar-refractivity contribution in [3.05, 3.63) is 77.1 Å². The van der Waals surface area contributed by atoms with E-state index >= 15 is 0 Å². The molecule has 1 aliphatic heterocycles. The number of rotatable bonds is 4. The third kappa shape index (κ3) is 4.34. The number of carbonyl (C=O) groups excluding carboxylic acids is 2. The second-order valence-corrected chi connectivity index (χ2v) is 8.24. The molecule has 0 radical (unpaired) electrons. The van der Waals surface area contributed by atoms with Gasteiger partial charge in [-0.1, -0.05) is 54.5 Å². The minimum atomic E-state index is -1.08. The maximum atomic E-state index is 12.4. The van der Waals surface area contributed by atoms with Gasteiger partial charge >= 0.3 is 12.1 Å². The predicted octanol–water partition coefficient (Wildman–Crippen LogP) is 2.47. The van der Waals surface area contributed by atoms with Crippen LogP contribution in [0.15, 0.2) is 54.7 Å². The molecule has 1 aliphatic carbocycles. The van der Waals surface area contributed by atoms with Crippen LogP contribution in [0.2, 0.25) is 0 Å². The van der Waals surface area contributed by atoms with Crippen LogP contribution >= 0.6 is 0 Å². The van der Waals surface area contributed by atoms with E-state index < -0.39 is 18.0 Å². The first-order chi connectivity index (χ1) is 17.0. The van der Waals surface area contributed by atoms with Gasteiger partial charge in [-0.2, -0.15) is 5.10 Å². The number of carboxylic acids is 1. The average Bonchev–Trinajstić information content (AvgIpc) is 3.44. The van der Waals surface area contributed by atoms with Crippen LogP contribution in [0, 0.1) is 11.8 Å². The number of aromatic carboxylic acids is 1. The van der Waals surface area contributed by atoms with Crippen molar-refractivity contribution in [2.24, 2.45) is 0 Å². The zero-order valence-electron chi connectivity index (χ0n) is 18.7. The minimum Gasteiger partial charge on any atom is -0.478 e. The van der Waals surface area contributed by atoms with Gasteiger partial charge in [0, 0.05) is 12.5 Å². The van der Waals surface area contributed by atoms with E-state index in [4.69, 9.17) is 4.74 Å². The summed E-state index contributed by atoms with van der Waals surface area (Å²) in [5.41, 5.74) is 5.10. The molecule has 0 bridgehead atoms. The topological polar surface area (TPSA) is 114 Å². The summed E-state index contributed by atoms with van der Waals surface area (Å²) in [6.07, 6.45) is 0.678. The molecule has 176 valence electrons. The van der Waals surface area contributed by atoms with E-state index in [9.17, 15) is 19.5 Å². The van der Waals surface area contributed by atoms with Gasteiger partial charge in [-0.3, -0.25) is 9.48 Å². The summed E-state index contributed by atoms with van der Waals surface area (Å²) < 4.78 is 7.03. The van der Waals surface area contributed by atoms with Crippen molar-refractivity contribution in [2.45, 2.75) is 19.0 Å². The van der Waals surface area contributed by atoms with Gasteiger partial charge in [-0.25, -0.2) is 9.59 Å². The third-order valence-corrected chi connectivity index (χ3v) is 6.25. The lowest BCUT2D eigenvalue weighted by atomic mass is 9.98. The first-order valence-electron chi connectivity index (χ1n) is 11.2. The van der Waals surface area contributed by atoms with Gasteiger partial charge in [0.15, 0.2) is 0 Å². The first kappa shape index (κ1) is 22.2. The van der Waals surface area contributed by atoms with Crippen LogP contribution in [0.3, 0.4) is 0 Å². The van der Waals surface area contributed by atoms with Crippen LogP contribution in [0.1, 0.15) is 33.1 Å².